The Balaban J connectivity index is 1.84. The minimum absolute atomic E-state index is 0.0996. The first-order valence-electron chi connectivity index (χ1n) is 7.52. The number of carbonyl (C=O) groups excluding carboxylic acids is 1. The number of aromatic nitrogens is 2. The van der Waals surface area contributed by atoms with Crippen LogP contribution in [0.15, 0.2) is 36.7 Å². The summed E-state index contributed by atoms with van der Waals surface area (Å²) >= 11 is 0. The number of ether oxygens (including phenoxy) is 1. The molecule has 1 aromatic heterocycles. The SMILES string of the molecule is CN(CC(=O)N(C)C)Cc1ccc(OCc2nccn2C)cc1. The monoisotopic (exact) mass is 316 g/mol. The van der Waals surface area contributed by atoms with Gasteiger partial charge < -0.3 is 14.2 Å². The first-order valence-corrected chi connectivity index (χ1v) is 7.52. The highest BCUT2D eigenvalue weighted by Crippen LogP contribution is 2.14. The first kappa shape index (κ1) is 17.0. The van der Waals surface area contributed by atoms with Crippen molar-refractivity contribution in [1.82, 2.24) is 19.4 Å². The zero-order chi connectivity index (χ0) is 16.8. The van der Waals surface area contributed by atoms with Gasteiger partial charge in [0.1, 0.15) is 18.2 Å². The van der Waals surface area contributed by atoms with Gasteiger partial charge in [-0.3, -0.25) is 9.69 Å². The Morgan fingerprint density at radius 3 is 2.48 bits per heavy atom. The van der Waals surface area contributed by atoms with Gasteiger partial charge in [-0.15, -0.1) is 0 Å². The van der Waals surface area contributed by atoms with E-state index in [1.54, 1.807) is 25.2 Å². The number of amides is 1. The van der Waals surface area contributed by atoms with Crippen LogP contribution < -0.4 is 4.74 Å². The van der Waals surface area contributed by atoms with Gasteiger partial charge in [0.2, 0.25) is 5.91 Å². The fraction of sp³-hybridized carbons (Fsp3) is 0.412. The number of carbonyl (C=O) groups is 1. The molecule has 0 aliphatic carbocycles. The van der Waals surface area contributed by atoms with E-state index in [0.717, 1.165) is 23.7 Å². The van der Waals surface area contributed by atoms with Gasteiger partial charge in [0.25, 0.3) is 0 Å². The van der Waals surface area contributed by atoms with E-state index in [9.17, 15) is 4.79 Å². The van der Waals surface area contributed by atoms with Crippen molar-refractivity contribution in [3.63, 3.8) is 0 Å². The molecule has 0 atom stereocenters. The molecule has 6 nitrogen and oxygen atoms in total. The van der Waals surface area contributed by atoms with E-state index in [0.29, 0.717) is 13.2 Å². The summed E-state index contributed by atoms with van der Waals surface area (Å²) in [4.78, 5) is 19.5. The Morgan fingerprint density at radius 2 is 1.91 bits per heavy atom. The van der Waals surface area contributed by atoms with Crippen LogP contribution in [0, 0.1) is 0 Å². The van der Waals surface area contributed by atoms with Gasteiger partial charge in [0.05, 0.1) is 6.54 Å². The van der Waals surface area contributed by atoms with Crippen molar-refractivity contribution in [3.05, 3.63) is 48.0 Å². The maximum Gasteiger partial charge on any atom is 0.236 e. The maximum absolute atomic E-state index is 11.7. The van der Waals surface area contributed by atoms with Gasteiger partial charge >= 0.3 is 0 Å². The molecule has 0 saturated carbocycles. The van der Waals surface area contributed by atoms with E-state index in [1.807, 2.05) is 54.0 Å². The maximum atomic E-state index is 11.7. The molecule has 124 valence electrons. The van der Waals surface area contributed by atoms with Gasteiger partial charge in [-0.05, 0) is 24.7 Å². The lowest BCUT2D eigenvalue weighted by Crippen LogP contribution is -2.34. The van der Waals surface area contributed by atoms with Gasteiger partial charge in [-0.2, -0.15) is 0 Å². The van der Waals surface area contributed by atoms with E-state index in [-0.39, 0.29) is 5.91 Å². The van der Waals surface area contributed by atoms with Crippen LogP contribution in [0.3, 0.4) is 0 Å². The molecule has 0 unspecified atom stereocenters. The van der Waals surface area contributed by atoms with Crippen LogP contribution in [0.5, 0.6) is 5.75 Å². The summed E-state index contributed by atoms with van der Waals surface area (Å²) in [7, 11) is 7.42. The molecule has 2 rings (SSSR count). The number of imidazole rings is 1. The Labute approximate surface area is 137 Å². The molecule has 1 heterocycles. The number of hydrogen-bond donors (Lipinski definition) is 0. The normalized spacial score (nSPS) is 10.8. The predicted molar refractivity (Wildman–Crippen MR) is 89.0 cm³/mol. The molecule has 23 heavy (non-hydrogen) atoms. The summed E-state index contributed by atoms with van der Waals surface area (Å²) in [6, 6.07) is 7.93. The van der Waals surface area contributed by atoms with Crippen LogP contribution in [-0.4, -0.2) is 52.9 Å². The zero-order valence-electron chi connectivity index (χ0n) is 14.2. The highest BCUT2D eigenvalue weighted by molar-refractivity contribution is 5.77. The molecule has 0 fully saturated rings. The highest BCUT2D eigenvalue weighted by Gasteiger charge is 2.09. The minimum atomic E-state index is 0.0996. The van der Waals surface area contributed by atoms with Gasteiger partial charge in [0, 0.05) is 40.1 Å². The Morgan fingerprint density at radius 1 is 1.22 bits per heavy atom. The summed E-state index contributed by atoms with van der Waals surface area (Å²) in [5, 5.41) is 0. The van der Waals surface area contributed by atoms with Crippen LogP contribution >= 0.6 is 0 Å². The standard InChI is InChI=1S/C17H24N4O2/c1-19(2)17(22)12-20(3)11-14-5-7-15(8-6-14)23-13-16-18-9-10-21(16)4/h5-10H,11-13H2,1-4H3. The van der Waals surface area contributed by atoms with Crippen LogP contribution in [-0.2, 0) is 25.0 Å². The molecule has 0 radical (unpaired) electrons. The van der Waals surface area contributed by atoms with E-state index in [2.05, 4.69) is 4.98 Å². The summed E-state index contributed by atoms with van der Waals surface area (Å²) in [5.74, 6) is 1.79. The van der Waals surface area contributed by atoms with Gasteiger partial charge in [-0.1, -0.05) is 12.1 Å². The second kappa shape index (κ2) is 7.78. The van der Waals surface area contributed by atoms with Crippen LogP contribution in [0.25, 0.3) is 0 Å². The zero-order valence-corrected chi connectivity index (χ0v) is 14.2. The van der Waals surface area contributed by atoms with Crippen LogP contribution in [0.1, 0.15) is 11.4 Å². The fourth-order valence-corrected chi connectivity index (χ4v) is 2.11. The van der Waals surface area contributed by atoms with Crippen molar-refractivity contribution >= 4 is 5.91 Å². The molecule has 0 spiro atoms. The number of likely N-dealkylation sites (N-methyl/N-ethyl adjacent to an activating group) is 2. The Hall–Kier alpha value is -2.34. The molecule has 1 amide bonds. The second-order valence-corrected chi connectivity index (χ2v) is 5.85. The van der Waals surface area contributed by atoms with Crippen molar-refractivity contribution in [2.24, 2.45) is 7.05 Å². The lowest BCUT2D eigenvalue weighted by molar-refractivity contribution is -0.129. The molecule has 0 bridgehead atoms. The average Bonchev–Trinajstić information content (AvgIpc) is 2.91. The Bertz CT molecular complexity index is 634. The van der Waals surface area contributed by atoms with Crippen LogP contribution in [0.2, 0.25) is 0 Å². The van der Waals surface area contributed by atoms with Gasteiger partial charge in [0.15, 0.2) is 0 Å². The third-order valence-electron chi connectivity index (χ3n) is 3.57. The molecule has 1 aromatic carbocycles. The Kier molecular flexibility index (Phi) is 5.76. The lowest BCUT2D eigenvalue weighted by atomic mass is 10.2. The third kappa shape index (κ3) is 5.10. The predicted octanol–water partition coefficient (Wildman–Crippen LogP) is 1.52. The van der Waals surface area contributed by atoms with Gasteiger partial charge in [-0.25, -0.2) is 4.98 Å². The number of benzene rings is 1. The first-order chi connectivity index (χ1) is 11.0. The summed E-state index contributed by atoms with van der Waals surface area (Å²) in [5.41, 5.74) is 1.14. The van der Waals surface area contributed by atoms with Crippen molar-refractivity contribution < 1.29 is 9.53 Å². The number of nitrogens with zero attached hydrogens (tertiary/aromatic N) is 4. The molecule has 2 aromatic rings. The molecular weight excluding hydrogens is 292 g/mol. The van der Waals surface area contributed by atoms with E-state index in [4.69, 9.17) is 4.74 Å². The highest BCUT2D eigenvalue weighted by atomic mass is 16.5. The topological polar surface area (TPSA) is 50.6 Å². The summed E-state index contributed by atoms with van der Waals surface area (Å²) in [6.45, 7) is 1.57. The summed E-state index contributed by atoms with van der Waals surface area (Å²) < 4.78 is 7.67. The summed E-state index contributed by atoms with van der Waals surface area (Å²) in [6.07, 6.45) is 3.65. The molecular formula is C17H24N4O2. The molecule has 0 saturated heterocycles. The largest absolute Gasteiger partial charge is 0.486 e. The van der Waals surface area contributed by atoms with E-state index >= 15 is 0 Å². The van der Waals surface area contributed by atoms with Crippen molar-refractivity contribution in [2.75, 3.05) is 27.7 Å². The third-order valence-corrected chi connectivity index (χ3v) is 3.57. The fourth-order valence-electron chi connectivity index (χ4n) is 2.11. The number of rotatable bonds is 7. The second-order valence-electron chi connectivity index (χ2n) is 5.85. The van der Waals surface area contributed by atoms with E-state index in [1.165, 1.54) is 0 Å². The molecule has 0 aliphatic rings. The van der Waals surface area contributed by atoms with Crippen LogP contribution in [0.4, 0.5) is 0 Å². The smallest absolute Gasteiger partial charge is 0.236 e. The quantitative estimate of drug-likeness (QED) is 0.777. The van der Waals surface area contributed by atoms with E-state index < -0.39 is 0 Å². The molecule has 6 heteroatoms. The van der Waals surface area contributed by atoms with Crippen molar-refractivity contribution in [3.8, 4) is 5.75 Å². The lowest BCUT2D eigenvalue weighted by Gasteiger charge is -2.19. The molecule has 0 N–H and O–H groups in total. The molecule has 0 aliphatic heterocycles. The average molecular weight is 316 g/mol. The number of hydrogen-bond acceptors (Lipinski definition) is 4. The van der Waals surface area contributed by atoms with Crippen molar-refractivity contribution in [2.45, 2.75) is 13.2 Å². The minimum Gasteiger partial charge on any atom is -0.486 e. The number of aryl methyl sites for hydroxylation is 1. The van der Waals surface area contributed by atoms with Crippen molar-refractivity contribution in [1.29, 1.82) is 0 Å².